The number of esters is 1. The first-order valence-corrected chi connectivity index (χ1v) is 7.17. The van der Waals surface area contributed by atoms with Crippen molar-refractivity contribution < 1.29 is 14.3 Å². The maximum atomic E-state index is 13.1. The first kappa shape index (κ1) is 16.0. The summed E-state index contributed by atoms with van der Waals surface area (Å²) in [6, 6.07) is 9.18. The number of ketones is 1. The van der Waals surface area contributed by atoms with E-state index in [0.717, 1.165) is 22.3 Å². The zero-order chi connectivity index (χ0) is 16.4. The Morgan fingerprint density at radius 3 is 2.00 bits per heavy atom. The second-order valence-corrected chi connectivity index (χ2v) is 5.59. The maximum Gasteiger partial charge on any atom is 0.338 e. The Labute approximate surface area is 130 Å². The number of ether oxygens (including phenoxy) is 1. The molecule has 0 unspecified atom stereocenters. The molecule has 0 saturated carbocycles. The van der Waals surface area contributed by atoms with Crippen molar-refractivity contribution in [2.24, 2.45) is 0 Å². The van der Waals surface area contributed by atoms with Crippen LogP contribution in [0.3, 0.4) is 0 Å². The largest absolute Gasteiger partial charge is 0.465 e. The Morgan fingerprint density at radius 1 is 0.864 bits per heavy atom. The molecule has 0 aliphatic heterocycles. The molecule has 0 atom stereocenters. The molecule has 0 heterocycles. The summed E-state index contributed by atoms with van der Waals surface area (Å²) in [6.45, 7) is 7.67. The van der Waals surface area contributed by atoms with Crippen LogP contribution in [-0.4, -0.2) is 18.9 Å². The van der Waals surface area contributed by atoms with E-state index in [0.29, 0.717) is 16.7 Å². The summed E-state index contributed by atoms with van der Waals surface area (Å²) in [5.74, 6) is -0.622. The molecule has 114 valence electrons. The van der Waals surface area contributed by atoms with E-state index in [-0.39, 0.29) is 5.78 Å². The van der Waals surface area contributed by atoms with E-state index >= 15 is 0 Å². The molecule has 0 saturated heterocycles. The summed E-state index contributed by atoms with van der Waals surface area (Å²) >= 11 is 0. The van der Waals surface area contributed by atoms with Gasteiger partial charge in [-0.15, -0.1) is 0 Å². The molecule has 22 heavy (non-hydrogen) atoms. The average Bonchev–Trinajstić information content (AvgIpc) is 2.44. The Balaban J connectivity index is 2.68. The topological polar surface area (TPSA) is 43.4 Å². The van der Waals surface area contributed by atoms with Crippen LogP contribution in [0.4, 0.5) is 0 Å². The van der Waals surface area contributed by atoms with Crippen LogP contribution in [0.5, 0.6) is 0 Å². The van der Waals surface area contributed by atoms with Gasteiger partial charge in [-0.05, 0) is 50.5 Å². The van der Waals surface area contributed by atoms with Gasteiger partial charge in [0.25, 0.3) is 0 Å². The SMILES string of the molecule is COC(=O)c1cccc(C)c1C(=O)c1c(C)cc(C)cc1C. The molecule has 0 aliphatic rings. The van der Waals surface area contributed by atoms with Crippen LogP contribution in [0.2, 0.25) is 0 Å². The Hall–Kier alpha value is -2.42. The third kappa shape index (κ3) is 2.80. The third-order valence-electron chi connectivity index (χ3n) is 3.81. The second kappa shape index (κ2) is 6.14. The lowest BCUT2D eigenvalue weighted by molar-refractivity contribution is 0.0597. The van der Waals surface area contributed by atoms with Crippen molar-refractivity contribution in [1.29, 1.82) is 0 Å². The van der Waals surface area contributed by atoms with Gasteiger partial charge in [-0.1, -0.05) is 29.8 Å². The van der Waals surface area contributed by atoms with Crippen molar-refractivity contribution in [2.75, 3.05) is 7.11 Å². The van der Waals surface area contributed by atoms with E-state index in [1.165, 1.54) is 7.11 Å². The number of methoxy groups -OCH3 is 1. The van der Waals surface area contributed by atoms with Gasteiger partial charge < -0.3 is 4.74 Å². The highest BCUT2D eigenvalue weighted by Gasteiger charge is 2.23. The first-order valence-electron chi connectivity index (χ1n) is 7.17. The molecule has 0 amide bonds. The lowest BCUT2D eigenvalue weighted by Gasteiger charge is -2.14. The van der Waals surface area contributed by atoms with Crippen LogP contribution in [0.15, 0.2) is 30.3 Å². The van der Waals surface area contributed by atoms with Crippen molar-refractivity contribution in [1.82, 2.24) is 0 Å². The molecule has 0 aliphatic carbocycles. The monoisotopic (exact) mass is 296 g/mol. The van der Waals surface area contributed by atoms with Gasteiger partial charge in [-0.3, -0.25) is 4.79 Å². The van der Waals surface area contributed by atoms with Gasteiger partial charge in [-0.2, -0.15) is 0 Å². The summed E-state index contributed by atoms with van der Waals surface area (Å²) < 4.78 is 4.81. The first-order chi connectivity index (χ1) is 10.4. The number of carbonyl (C=O) groups excluding carboxylic acids is 2. The quantitative estimate of drug-likeness (QED) is 0.636. The van der Waals surface area contributed by atoms with Crippen molar-refractivity contribution in [3.8, 4) is 0 Å². The second-order valence-electron chi connectivity index (χ2n) is 5.59. The molecule has 0 N–H and O–H groups in total. The predicted octanol–water partition coefficient (Wildman–Crippen LogP) is 3.94. The molecule has 0 spiro atoms. The van der Waals surface area contributed by atoms with Crippen molar-refractivity contribution in [3.05, 3.63) is 69.3 Å². The normalized spacial score (nSPS) is 10.4. The van der Waals surface area contributed by atoms with Gasteiger partial charge in [-0.25, -0.2) is 4.79 Å². The van der Waals surface area contributed by atoms with Gasteiger partial charge in [0.05, 0.1) is 12.7 Å². The van der Waals surface area contributed by atoms with E-state index < -0.39 is 5.97 Å². The van der Waals surface area contributed by atoms with Crippen LogP contribution >= 0.6 is 0 Å². The number of hydrogen-bond acceptors (Lipinski definition) is 3. The predicted molar refractivity (Wildman–Crippen MR) is 86.6 cm³/mol. The van der Waals surface area contributed by atoms with Crippen LogP contribution in [0.1, 0.15) is 48.5 Å². The molecular formula is C19H20O3. The number of rotatable bonds is 3. The Morgan fingerprint density at radius 2 is 1.45 bits per heavy atom. The van der Waals surface area contributed by atoms with Crippen molar-refractivity contribution in [2.45, 2.75) is 27.7 Å². The Kier molecular flexibility index (Phi) is 4.45. The molecule has 0 fully saturated rings. The summed E-state index contributed by atoms with van der Waals surface area (Å²) in [4.78, 5) is 25.0. The van der Waals surface area contributed by atoms with Gasteiger partial charge in [0, 0.05) is 11.1 Å². The van der Waals surface area contributed by atoms with Crippen LogP contribution in [0, 0.1) is 27.7 Å². The Bertz CT molecular complexity index is 734. The number of carbonyl (C=O) groups is 2. The highest BCUT2D eigenvalue weighted by molar-refractivity contribution is 6.16. The van der Waals surface area contributed by atoms with E-state index in [4.69, 9.17) is 4.74 Å². The number of hydrogen-bond donors (Lipinski definition) is 0. The fourth-order valence-electron chi connectivity index (χ4n) is 2.91. The van der Waals surface area contributed by atoms with Gasteiger partial charge in [0.15, 0.2) is 5.78 Å². The molecule has 0 bridgehead atoms. The number of benzene rings is 2. The molecule has 3 nitrogen and oxygen atoms in total. The summed E-state index contributed by atoms with van der Waals surface area (Å²) in [5.41, 5.74) is 5.11. The minimum absolute atomic E-state index is 0.131. The zero-order valence-electron chi connectivity index (χ0n) is 13.6. The van der Waals surface area contributed by atoms with Crippen molar-refractivity contribution >= 4 is 11.8 Å². The lowest BCUT2D eigenvalue weighted by atomic mass is 9.89. The van der Waals surface area contributed by atoms with Crippen molar-refractivity contribution in [3.63, 3.8) is 0 Å². The van der Waals surface area contributed by atoms with Gasteiger partial charge in [0.2, 0.25) is 0 Å². The highest BCUT2D eigenvalue weighted by Crippen LogP contribution is 2.24. The van der Waals surface area contributed by atoms with Gasteiger partial charge >= 0.3 is 5.97 Å². The molecule has 0 radical (unpaired) electrons. The molecule has 2 aromatic carbocycles. The summed E-state index contributed by atoms with van der Waals surface area (Å²) in [6.07, 6.45) is 0. The summed E-state index contributed by atoms with van der Waals surface area (Å²) in [7, 11) is 1.32. The van der Waals surface area contributed by atoms with E-state index in [9.17, 15) is 9.59 Å². The molecule has 3 heteroatoms. The van der Waals surface area contributed by atoms with E-state index in [2.05, 4.69) is 0 Å². The van der Waals surface area contributed by atoms with Crippen LogP contribution in [0.25, 0.3) is 0 Å². The van der Waals surface area contributed by atoms with E-state index in [1.807, 2.05) is 45.9 Å². The molecular weight excluding hydrogens is 276 g/mol. The van der Waals surface area contributed by atoms with Crippen LogP contribution in [-0.2, 0) is 4.74 Å². The maximum absolute atomic E-state index is 13.1. The molecule has 2 aromatic rings. The third-order valence-corrected chi connectivity index (χ3v) is 3.81. The fraction of sp³-hybridized carbons (Fsp3) is 0.263. The zero-order valence-corrected chi connectivity index (χ0v) is 13.6. The molecule has 0 aromatic heterocycles. The fourth-order valence-corrected chi connectivity index (χ4v) is 2.91. The minimum Gasteiger partial charge on any atom is -0.465 e. The van der Waals surface area contributed by atoms with Crippen LogP contribution < -0.4 is 0 Å². The van der Waals surface area contributed by atoms with Gasteiger partial charge in [0.1, 0.15) is 0 Å². The molecule has 2 rings (SSSR count). The lowest BCUT2D eigenvalue weighted by Crippen LogP contribution is -2.15. The summed E-state index contributed by atoms with van der Waals surface area (Å²) in [5, 5.41) is 0. The highest BCUT2D eigenvalue weighted by atomic mass is 16.5. The number of aryl methyl sites for hydroxylation is 4. The smallest absolute Gasteiger partial charge is 0.338 e. The van der Waals surface area contributed by atoms with E-state index in [1.54, 1.807) is 12.1 Å². The minimum atomic E-state index is -0.491. The standard InChI is InChI=1S/C19H20O3/c1-11-9-13(3)16(14(4)10-11)18(20)17-12(2)7-6-8-15(17)19(21)22-5/h6-10H,1-5H3. The average molecular weight is 296 g/mol.